The zero-order chi connectivity index (χ0) is 8.10. The minimum absolute atomic E-state index is 0.400. The molecule has 0 aliphatic heterocycles. The Kier molecular flexibility index (Phi) is 2.39. The summed E-state index contributed by atoms with van der Waals surface area (Å²) in [5.74, 6) is 0. The van der Waals surface area contributed by atoms with E-state index in [-0.39, 0.29) is 0 Å². The van der Waals surface area contributed by atoms with Crippen LogP contribution in [0, 0.1) is 11.3 Å². The predicted octanol–water partition coefficient (Wildman–Crippen LogP) is 0.609. The first kappa shape index (κ1) is 7.48. The molecule has 0 aliphatic carbocycles. The Labute approximate surface area is 64.1 Å². The first-order valence-corrected chi connectivity index (χ1v) is 3.20. The van der Waals surface area contributed by atoms with Gasteiger partial charge in [-0.15, -0.1) is 0 Å². The largest absolute Gasteiger partial charge is 0.327 e. The number of nitrogens with zero attached hydrogens (tertiary/aromatic N) is 3. The third-order valence-electron chi connectivity index (χ3n) is 1.33. The van der Waals surface area contributed by atoms with Crippen molar-refractivity contribution in [1.29, 1.82) is 5.26 Å². The van der Waals surface area contributed by atoms with Crippen LogP contribution < -0.4 is 0 Å². The Balaban J connectivity index is 2.70. The van der Waals surface area contributed by atoms with Crippen LogP contribution in [0.25, 0.3) is 0 Å². The van der Waals surface area contributed by atoms with Gasteiger partial charge in [-0.1, -0.05) is 0 Å². The van der Waals surface area contributed by atoms with E-state index in [1.54, 1.807) is 10.9 Å². The third-order valence-corrected chi connectivity index (χ3v) is 1.33. The molecule has 1 rings (SSSR count). The fourth-order valence-corrected chi connectivity index (χ4v) is 0.786. The molecule has 1 heterocycles. The Morgan fingerprint density at radius 3 is 3.27 bits per heavy atom. The van der Waals surface area contributed by atoms with Crippen LogP contribution in [0.1, 0.15) is 16.9 Å². The van der Waals surface area contributed by atoms with E-state index in [0.717, 1.165) is 6.29 Å². The van der Waals surface area contributed by atoms with Gasteiger partial charge in [-0.25, -0.2) is 4.98 Å². The van der Waals surface area contributed by atoms with Gasteiger partial charge >= 0.3 is 0 Å². The summed E-state index contributed by atoms with van der Waals surface area (Å²) in [5, 5.41) is 8.26. The number of hydrogen-bond acceptors (Lipinski definition) is 3. The Morgan fingerprint density at radius 2 is 2.64 bits per heavy atom. The maximum atomic E-state index is 10.3. The second-order valence-electron chi connectivity index (χ2n) is 2.04. The van der Waals surface area contributed by atoms with E-state index in [1.807, 2.05) is 6.07 Å². The Morgan fingerprint density at radius 1 is 1.82 bits per heavy atom. The number of aldehydes is 1. The van der Waals surface area contributed by atoms with Crippen LogP contribution >= 0.6 is 0 Å². The number of aryl methyl sites for hydroxylation is 1. The molecule has 56 valence electrons. The van der Waals surface area contributed by atoms with Crippen molar-refractivity contribution in [2.24, 2.45) is 0 Å². The van der Waals surface area contributed by atoms with Crippen molar-refractivity contribution in [3.63, 3.8) is 0 Å². The van der Waals surface area contributed by atoms with Crippen LogP contribution in [-0.2, 0) is 6.54 Å². The van der Waals surface area contributed by atoms with Gasteiger partial charge in [0.2, 0.25) is 0 Å². The number of carbonyl (C=O) groups excluding carboxylic acids is 1. The summed E-state index contributed by atoms with van der Waals surface area (Å²) in [6, 6.07) is 1.99. The molecule has 4 heteroatoms. The van der Waals surface area contributed by atoms with E-state index in [1.165, 1.54) is 6.20 Å². The summed E-state index contributed by atoms with van der Waals surface area (Å²) >= 11 is 0. The van der Waals surface area contributed by atoms with Gasteiger partial charge in [0.05, 0.1) is 25.0 Å². The van der Waals surface area contributed by atoms with E-state index >= 15 is 0 Å². The lowest BCUT2D eigenvalue weighted by molar-refractivity contribution is 0.111. The third kappa shape index (κ3) is 1.64. The first-order valence-electron chi connectivity index (χ1n) is 3.20. The van der Waals surface area contributed by atoms with Gasteiger partial charge in [0.15, 0.2) is 6.29 Å². The molecule has 4 nitrogen and oxygen atoms in total. The molecule has 0 unspecified atom stereocenters. The molecule has 0 aromatic carbocycles. The van der Waals surface area contributed by atoms with Gasteiger partial charge in [0, 0.05) is 6.54 Å². The normalized spacial score (nSPS) is 9.00. The van der Waals surface area contributed by atoms with Gasteiger partial charge in [-0.3, -0.25) is 4.79 Å². The number of hydrogen-bond donors (Lipinski definition) is 0. The molecular weight excluding hydrogens is 142 g/mol. The van der Waals surface area contributed by atoms with Crippen molar-refractivity contribution < 1.29 is 4.79 Å². The average Bonchev–Trinajstić information content (AvgIpc) is 2.47. The van der Waals surface area contributed by atoms with Crippen molar-refractivity contribution in [2.45, 2.75) is 13.0 Å². The highest BCUT2D eigenvalue weighted by molar-refractivity contribution is 5.71. The van der Waals surface area contributed by atoms with E-state index in [2.05, 4.69) is 4.98 Å². The summed E-state index contributed by atoms with van der Waals surface area (Å²) in [6.07, 6.45) is 4.15. The quantitative estimate of drug-likeness (QED) is 0.591. The topological polar surface area (TPSA) is 58.7 Å². The van der Waals surface area contributed by atoms with E-state index < -0.39 is 0 Å². The van der Waals surface area contributed by atoms with Crippen molar-refractivity contribution in [3.8, 4) is 6.07 Å². The van der Waals surface area contributed by atoms with Gasteiger partial charge in [-0.2, -0.15) is 5.26 Å². The van der Waals surface area contributed by atoms with Crippen LogP contribution in [-0.4, -0.2) is 15.8 Å². The molecule has 1 aromatic rings. The second-order valence-corrected chi connectivity index (χ2v) is 2.04. The number of rotatable bonds is 3. The van der Waals surface area contributed by atoms with Gasteiger partial charge in [-0.05, 0) is 0 Å². The van der Waals surface area contributed by atoms with Gasteiger partial charge in [0.25, 0.3) is 0 Å². The van der Waals surface area contributed by atoms with E-state index in [4.69, 9.17) is 5.26 Å². The molecule has 11 heavy (non-hydrogen) atoms. The summed E-state index contributed by atoms with van der Waals surface area (Å²) in [5.41, 5.74) is 0.514. The Hall–Kier alpha value is -1.63. The molecule has 0 spiro atoms. The van der Waals surface area contributed by atoms with Crippen molar-refractivity contribution in [2.75, 3.05) is 0 Å². The van der Waals surface area contributed by atoms with Crippen LogP contribution in [0.5, 0.6) is 0 Å². The number of aromatic nitrogens is 2. The van der Waals surface area contributed by atoms with Gasteiger partial charge in [0.1, 0.15) is 5.69 Å². The molecule has 0 aliphatic rings. The minimum Gasteiger partial charge on any atom is -0.327 e. The van der Waals surface area contributed by atoms with Crippen LogP contribution in [0.3, 0.4) is 0 Å². The highest BCUT2D eigenvalue weighted by Crippen LogP contribution is 1.96. The Bertz CT molecular complexity index is 284. The molecule has 1 aromatic heterocycles. The fraction of sp³-hybridized carbons (Fsp3) is 0.286. The number of imidazole rings is 1. The summed E-state index contributed by atoms with van der Waals surface area (Å²) in [6.45, 7) is 0.532. The monoisotopic (exact) mass is 149 g/mol. The van der Waals surface area contributed by atoms with Crippen LogP contribution in [0.15, 0.2) is 12.5 Å². The van der Waals surface area contributed by atoms with Crippen LogP contribution in [0.4, 0.5) is 0 Å². The lowest BCUT2D eigenvalue weighted by atomic mass is 10.4. The highest BCUT2D eigenvalue weighted by atomic mass is 16.1. The average molecular weight is 149 g/mol. The zero-order valence-corrected chi connectivity index (χ0v) is 5.90. The van der Waals surface area contributed by atoms with Crippen molar-refractivity contribution in [3.05, 3.63) is 18.2 Å². The molecule has 0 radical (unpaired) electrons. The molecule has 0 saturated heterocycles. The van der Waals surface area contributed by atoms with Crippen molar-refractivity contribution >= 4 is 6.29 Å². The molecule has 0 fully saturated rings. The lowest BCUT2D eigenvalue weighted by Crippen LogP contribution is -1.99. The highest BCUT2D eigenvalue weighted by Gasteiger charge is 1.97. The minimum atomic E-state index is 0.400. The lowest BCUT2D eigenvalue weighted by Gasteiger charge is -1.97. The predicted molar refractivity (Wildman–Crippen MR) is 37.8 cm³/mol. The SMILES string of the molecule is N#CCCn1cncc1C=O. The summed E-state index contributed by atoms with van der Waals surface area (Å²) in [7, 11) is 0. The molecule has 0 atom stereocenters. The second kappa shape index (κ2) is 3.52. The zero-order valence-electron chi connectivity index (χ0n) is 5.90. The van der Waals surface area contributed by atoms with Gasteiger partial charge < -0.3 is 4.57 Å². The maximum absolute atomic E-state index is 10.3. The smallest absolute Gasteiger partial charge is 0.168 e. The van der Waals surface area contributed by atoms with E-state index in [0.29, 0.717) is 18.7 Å². The summed E-state index contributed by atoms with van der Waals surface area (Å²) in [4.78, 5) is 14.1. The van der Waals surface area contributed by atoms with E-state index in [9.17, 15) is 4.79 Å². The van der Waals surface area contributed by atoms with Crippen LogP contribution in [0.2, 0.25) is 0 Å². The number of nitriles is 1. The molecule has 0 amide bonds. The fourth-order valence-electron chi connectivity index (χ4n) is 0.786. The summed E-state index contributed by atoms with van der Waals surface area (Å²) < 4.78 is 1.65. The molecule has 0 saturated carbocycles. The number of carbonyl (C=O) groups is 1. The maximum Gasteiger partial charge on any atom is 0.168 e. The first-order chi connectivity index (χ1) is 5.38. The molecular formula is C7H7N3O. The van der Waals surface area contributed by atoms with Crippen molar-refractivity contribution in [1.82, 2.24) is 9.55 Å². The molecule has 0 N–H and O–H groups in total. The molecule has 0 bridgehead atoms. The standard InChI is InChI=1S/C7H7N3O/c8-2-1-3-10-6-9-4-7(10)5-11/h4-6H,1,3H2.